The van der Waals surface area contributed by atoms with E-state index in [1.54, 1.807) is 6.07 Å². The van der Waals surface area contributed by atoms with E-state index in [1.165, 1.54) is 24.8 Å². The van der Waals surface area contributed by atoms with Gasteiger partial charge in [0.15, 0.2) is 12.4 Å². The van der Waals surface area contributed by atoms with Gasteiger partial charge < -0.3 is 30.7 Å². The van der Waals surface area contributed by atoms with Gasteiger partial charge in [-0.3, -0.25) is 19.2 Å². The highest BCUT2D eigenvalue weighted by atomic mass is 35.5. The van der Waals surface area contributed by atoms with Crippen LogP contribution in [0, 0.1) is 0 Å². The van der Waals surface area contributed by atoms with Crippen molar-refractivity contribution in [3.63, 3.8) is 0 Å². The molecule has 0 radical (unpaired) electrons. The quantitative estimate of drug-likeness (QED) is 0.0907. The summed E-state index contributed by atoms with van der Waals surface area (Å²) in [6.45, 7) is 3.55. The molecule has 1 saturated carbocycles. The second-order valence-electron chi connectivity index (χ2n) is 11.7. The number of fused-ring (bicyclic) bond motifs is 1. The number of ether oxygens (including phenoxy) is 1. The summed E-state index contributed by atoms with van der Waals surface area (Å²) in [7, 11) is 0. The predicted octanol–water partition coefficient (Wildman–Crippen LogP) is 5.14. The van der Waals surface area contributed by atoms with E-state index in [9.17, 15) is 50.6 Å². The zero-order valence-corrected chi connectivity index (χ0v) is 27.8. The van der Waals surface area contributed by atoms with Crippen molar-refractivity contribution < 1.29 is 55.4 Å². The first-order chi connectivity index (χ1) is 23.6. The van der Waals surface area contributed by atoms with Gasteiger partial charge in [-0.05, 0) is 68.1 Å². The highest BCUT2D eigenvalue weighted by Gasteiger charge is 2.54. The van der Waals surface area contributed by atoms with Crippen LogP contribution in [0.4, 0.5) is 32.0 Å². The minimum atomic E-state index is -5.77. The fraction of sp³-hybridized carbons (Fsp3) is 0.515. The number of phenols is 1. The zero-order valence-electron chi connectivity index (χ0n) is 27.0. The molecule has 50 heavy (non-hydrogen) atoms. The fourth-order valence-electron chi connectivity index (χ4n) is 5.47. The number of carbonyl (C=O) groups is 4. The summed E-state index contributed by atoms with van der Waals surface area (Å²) in [4.78, 5) is 46.1. The maximum atomic E-state index is 13.2. The van der Waals surface area contributed by atoms with Crippen LogP contribution in [0.2, 0.25) is 5.02 Å². The van der Waals surface area contributed by atoms with Crippen molar-refractivity contribution in [2.24, 2.45) is 0 Å². The average Bonchev–Trinajstić information content (AvgIpc) is 3.07. The molecule has 0 saturated heterocycles. The van der Waals surface area contributed by atoms with Gasteiger partial charge >= 0.3 is 23.9 Å². The Hall–Kier alpha value is -3.89. The molecule has 0 aromatic heterocycles. The van der Waals surface area contributed by atoms with Crippen molar-refractivity contribution in [1.29, 1.82) is 0 Å². The molecule has 1 aliphatic carbocycles. The zero-order chi connectivity index (χ0) is 36.9. The molecule has 4 rings (SSSR count). The van der Waals surface area contributed by atoms with Crippen LogP contribution in [-0.4, -0.2) is 91.1 Å². The SMILES string of the molecule is O=C(C(=O)C(F)(F)F)C(F)(F)F.O=C1COc2c(CCNCCN(C(=O)CCNCCc3ccc(Cl)cc3)C3CCCCC3)ccc(O)c2N1. The first-order valence-electron chi connectivity index (χ1n) is 16.0. The molecule has 276 valence electrons. The summed E-state index contributed by atoms with van der Waals surface area (Å²) in [6.07, 6.45) is -3.66. The Labute approximate surface area is 289 Å². The number of aromatic hydroxyl groups is 1. The lowest BCUT2D eigenvalue weighted by molar-refractivity contribution is -0.193. The van der Waals surface area contributed by atoms with Crippen LogP contribution in [0.3, 0.4) is 0 Å². The number of carbonyl (C=O) groups excluding carboxylic acids is 4. The number of phenolic OH excluding ortho intramolecular Hbond substituents is 1. The number of halogens is 7. The lowest BCUT2D eigenvalue weighted by atomic mass is 9.94. The van der Waals surface area contributed by atoms with E-state index in [4.69, 9.17) is 16.3 Å². The number of alkyl halides is 6. The van der Waals surface area contributed by atoms with Gasteiger partial charge in [0.2, 0.25) is 5.91 Å². The Bertz CT molecular complexity index is 1440. The Morgan fingerprint density at radius 2 is 1.46 bits per heavy atom. The van der Waals surface area contributed by atoms with Crippen molar-refractivity contribution in [2.45, 2.75) is 69.8 Å². The number of amides is 2. The number of hydrogen-bond acceptors (Lipinski definition) is 8. The molecule has 2 aliphatic rings. The van der Waals surface area contributed by atoms with Gasteiger partial charge in [-0.1, -0.05) is 49.1 Å². The number of Topliss-reactive ketones (excluding diaryl/α,β-unsaturated/α-hetero) is 2. The van der Waals surface area contributed by atoms with Crippen molar-refractivity contribution in [1.82, 2.24) is 15.5 Å². The van der Waals surface area contributed by atoms with Crippen molar-refractivity contribution >= 4 is 40.7 Å². The average molecular weight is 737 g/mol. The molecule has 0 unspecified atom stereocenters. The van der Waals surface area contributed by atoms with Crippen LogP contribution in [0.15, 0.2) is 36.4 Å². The van der Waals surface area contributed by atoms with Gasteiger partial charge in [-0.25, -0.2) is 0 Å². The topological polar surface area (TPSA) is 137 Å². The van der Waals surface area contributed by atoms with E-state index in [1.807, 2.05) is 30.3 Å². The molecular weight excluding hydrogens is 698 g/mol. The van der Waals surface area contributed by atoms with Gasteiger partial charge in [0.1, 0.15) is 11.4 Å². The number of rotatable bonds is 14. The molecular formula is C33H39ClF6N4O6. The van der Waals surface area contributed by atoms with E-state index in [0.29, 0.717) is 56.5 Å². The van der Waals surface area contributed by atoms with E-state index in [-0.39, 0.29) is 24.2 Å². The van der Waals surface area contributed by atoms with Crippen molar-refractivity contribution in [3.05, 3.63) is 52.5 Å². The summed E-state index contributed by atoms with van der Waals surface area (Å²) in [5.41, 5.74) is 2.50. The first-order valence-corrected chi connectivity index (χ1v) is 16.4. The lowest BCUT2D eigenvalue weighted by Gasteiger charge is -2.34. The van der Waals surface area contributed by atoms with Crippen LogP contribution in [-0.2, 0) is 32.0 Å². The fourth-order valence-corrected chi connectivity index (χ4v) is 5.59. The van der Waals surface area contributed by atoms with E-state index >= 15 is 0 Å². The Kier molecular flexibility index (Phi) is 15.3. The maximum Gasteiger partial charge on any atom is 0.458 e. The molecule has 0 bridgehead atoms. The third-order valence-electron chi connectivity index (χ3n) is 8.01. The van der Waals surface area contributed by atoms with Crippen LogP contribution in [0.25, 0.3) is 0 Å². The van der Waals surface area contributed by atoms with Crippen molar-refractivity contribution in [3.8, 4) is 11.5 Å². The molecule has 1 fully saturated rings. The van der Waals surface area contributed by atoms with Crippen molar-refractivity contribution in [2.75, 3.05) is 44.6 Å². The first kappa shape index (κ1) is 40.5. The smallest absolute Gasteiger partial charge is 0.458 e. The molecule has 1 heterocycles. The number of hydrogen-bond donors (Lipinski definition) is 4. The monoisotopic (exact) mass is 736 g/mol. The largest absolute Gasteiger partial charge is 0.506 e. The van der Waals surface area contributed by atoms with E-state index in [2.05, 4.69) is 20.9 Å². The molecule has 4 N–H and O–H groups in total. The van der Waals surface area contributed by atoms with Crippen LogP contribution in [0.1, 0.15) is 49.7 Å². The molecule has 2 amide bonds. The summed E-state index contributed by atoms with van der Waals surface area (Å²) >= 11 is 5.95. The lowest BCUT2D eigenvalue weighted by Crippen LogP contribution is -2.45. The minimum Gasteiger partial charge on any atom is -0.506 e. The third-order valence-corrected chi connectivity index (χ3v) is 8.26. The number of anilines is 1. The summed E-state index contributed by atoms with van der Waals surface area (Å²) < 4.78 is 72.5. The number of benzene rings is 2. The number of nitrogens with one attached hydrogen (secondary N) is 3. The highest BCUT2D eigenvalue weighted by molar-refractivity contribution is 6.41. The van der Waals surface area contributed by atoms with Crippen LogP contribution >= 0.6 is 11.6 Å². The normalized spacial score (nSPS) is 14.8. The Balaban J connectivity index is 0.000000482. The Morgan fingerprint density at radius 3 is 2.08 bits per heavy atom. The Morgan fingerprint density at radius 1 is 0.860 bits per heavy atom. The minimum absolute atomic E-state index is 0.00543. The molecule has 10 nitrogen and oxygen atoms in total. The van der Waals surface area contributed by atoms with E-state index < -0.39 is 23.9 Å². The number of ketones is 2. The maximum absolute atomic E-state index is 13.2. The molecule has 1 aliphatic heterocycles. The summed E-state index contributed by atoms with van der Waals surface area (Å²) in [5.74, 6) is -6.33. The van der Waals surface area contributed by atoms with Gasteiger partial charge in [-0.2, -0.15) is 26.3 Å². The molecule has 2 aromatic carbocycles. The molecule has 17 heteroatoms. The molecule has 2 aromatic rings. The second kappa shape index (κ2) is 18.9. The molecule has 0 atom stereocenters. The van der Waals surface area contributed by atoms with Gasteiger partial charge in [0.05, 0.1) is 0 Å². The third kappa shape index (κ3) is 12.8. The summed E-state index contributed by atoms with van der Waals surface area (Å²) in [6, 6.07) is 11.6. The number of nitrogens with zero attached hydrogens (tertiary/aromatic N) is 1. The standard InChI is InChI=1S/C29H39ClN4O4.C4F6O2/c30-23-9-6-21(7-10-23)12-15-31-17-14-27(37)34(24-4-2-1-3-5-24)19-18-32-16-13-22-8-11-25(35)28-29(22)38-20-26(36)33-28;5-3(6,7)1(11)2(12)4(8,9)10/h6-11,24,31-32,35H,1-5,12-20H2,(H,33,36);. The van der Waals surface area contributed by atoms with E-state index in [0.717, 1.165) is 36.4 Å². The van der Waals surface area contributed by atoms with Gasteiger partial charge in [-0.15, -0.1) is 0 Å². The second-order valence-corrected chi connectivity index (χ2v) is 12.1. The predicted molar refractivity (Wildman–Crippen MR) is 172 cm³/mol. The van der Waals surface area contributed by atoms with Crippen LogP contribution in [0.5, 0.6) is 11.5 Å². The molecule has 0 spiro atoms. The van der Waals surface area contributed by atoms with Crippen LogP contribution < -0.4 is 20.7 Å². The summed E-state index contributed by atoms with van der Waals surface area (Å²) in [5, 5.41) is 20.3. The van der Waals surface area contributed by atoms with Gasteiger partial charge in [0, 0.05) is 37.1 Å². The highest BCUT2D eigenvalue weighted by Crippen LogP contribution is 2.39. The van der Waals surface area contributed by atoms with Gasteiger partial charge in [0.25, 0.3) is 5.91 Å².